The molecule has 0 aromatic heterocycles. The summed E-state index contributed by atoms with van der Waals surface area (Å²) in [4.78, 5) is 38.8. The van der Waals surface area contributed by atoms with Crippen LogP contribution < -0.4 is 10.1 Å². The summed E-state index contributed by atoms with van der Waals surface area (Å²) in [6, 6.07) is 4.83. The van der Waals surface area contributed by atoms with Crippen LogP contribution in [0, 0.1) is 25.2 Å². The molecule has 3 amide bonds. The molecule has 2 atom stereocenters. The molecule has 1 N–H and O–H groups in total. The monoisotopic (exact) mass is 372 g/mol. The SMILES string of the molecule is Cc1ccc(OC(=O)CN2C(=O)N[C@@]3(C[C@H](C)CC(C)(C)C3)C2=O)cc1C. The van der Waals surface area contributed by atoms with Crippen LogP contribution in [0.5, 0.6) is 5.75 Å². The average molecular weight is 372 g/mol. The summed E-state index contributed by atoms with van der Waals surface area (Å²) in [6.45, 7) is 9.84. The van der Waals surface area contributed by atoms with Gasteiger partial charge in [0.15, 0.2) is 0 Å². The van der Waals surface area contributed by atoms with E-state index in [4.69, 9.17) is 4.74 Å². The van der Waals surface area contributed by atoms with Gasteiger partial charge in [-0.15, -0.1) is 0 Å². The highest BCUT2D eigenvalue weighted by molar-refractivity contribution is 6.08. The van der Waals surface area contributed by atoms with Gasteiger partial charge in [0.05, 0.1) is 0 Å². The summed E-state index contributed by atoms with van der Waals surface area (Å²) in [7, 11) is 0. The molecular weight excluding hydrogens is 344 g/mol. The number of carbonyl (C=O) groups excluding carboxylic acids is 3. The zero-order valence-corrected chi connectivity index (χ0v) is 16.7. The molecule has 6 nitrogen and oxygen atoms in total. The molecule has 2 aliphatic rings. The van der Waals surface area contributed by atoms with Crippen molar-refractivity contribution < 1.29 is 19.1 Å². The lowest BCUT2D eigenvalue weighted by Gasteiger charge is -2.43. The molecule has 1 saturated heterocycles. The highest BCUT2D eigenvalue weighted by atomic mass is 16.5. The van der Waals surface area contributed by atoms with Gasteiger partial charge in [-0.05, 0) is 67.7 Å². The third-order valence-corrected chi connectivity index (χ3v) is 5.62. The normalized spacial score (nSPS) is 27.0. The van der Waals surface area contributed by atoms with E-state index in [1.54, 1.807) is 12.1 Å². The largest absolute Gasteiger partial charge is 0.425 e. The Labute approximate surface area is 160 Å². The molecule has 0 bridgehead atoms. The fraction of sp³-hybridized carbons (Fsp3) is 0.571. The van der Waals surface area contributed by atoms with Gasteiger partial charge in [0.1, 0.15) is 17.8 Å². The Balaban J connectivity index is 1.72. The molecule has 146 valence electrons. The van der Waals surface area contributed by atoms with Crippen molar-refractivity contribution in [2.45, 2.75) is 59.4 Å². The van der Waals surface area contributed by atoms with Gasteiger partial charge in [-0.2, -0.15) is 0 Å². The molecule has 1 heterocycles. The number of imide groups is 1. The van der Waals surface area contributed by atoms with Crippen LogP contribution in [0.3, 0.4) is 0 Å². The molecular formula is C21H28N2O4. The molecule has 1 aromatic rings. The predicted octanol–water partition coefficient (Wildman–Crippen LogP) is 3.35. The second-order valence-electron chi connectivity index (χ2n) is 8.98. The average Bonchev–Trinajstić information content (AvgIpc) is 2.72. The summed E-state index contributed by atoms with van der Waals surface area (Å²) in [5.41, 5.74) is 1.16. The van der Waals surface area contributed by atoms with Crippen molar-refractivity contribution in [2.24, 2.45) is 11.3 Å². The van der Waals surface area contributed by atoms with E-state index < -0.39 is 17.5 Å². The fourth-order valence-electron chi connectivity index (χ4n) is 4.72. The zero-order chi connectivity index (χ0) is 20.0. The first-order chi connectivity index (χ1) is 12.5. The Bertz CT molecular complexity index is 801. The highest BCUT2D eigenvalue weighted by Crippen LogP contribution is 2.46. The van der Waals surface area contributed by atoms with Crippen LogP contribution in [0.25, 0.3) is 0 Å². The van der Waals surface area contributed by atoms with Crippen LogP contribution in [-0.2, 0) is 9.59 Å². The highest BCUT2D eigenvalue weighted by Gasteiger charge is 2.56. The lowest BCUT2D eigenvalue weighted by molar-refractivity contribution is -0.142. The predicted molar refractivity (Wildman–Crippen MR) is 101 cm³/mol. The Morgan fingerprint density at radius 2 is 1.93 bits per heavy atom. The number of carbonyl (C=O) groups is 3. The standard InChI is InChI=1S/C21H28N2O4/c1-13-9-20(4,5)12-21(10-13)18(25)23(19(26)22-21)11-17(24)27-16-7-6-14(2)15(3)8-16/h6-8,13H,9-12H2,1-5H3,(H,22,26)/t13-,21-/m1/s1. The quantitative estimate of drug-likeness (QED) is 0.502. The number of benzene rings is 1. The fourth-order valence-corrected chi connectivity index (χ4v) is 4.72. The van der Waals surface area contributed by atoms with E-state index in [0.29, 0.717) is 24.5 Å². The molecule has 3 rings (SSSR count). The van der Waals surface area contributed by atoms with Gasteiger partial charge in [-0.25, -0.2) is 9.59 Å². The van der Waals surface area contributed by atoms with Gasteiger partial charge in [0.25, 0.3) is 5.91 Å². The van der Waals surface area contributed by atoms with Crippen molar-refractivity contribution in [3.63, 3.8) is 0 Å². The van der Waals surface area contributed by atoms with Crippen LogP contribution in [0.2, 0.25) is 0 Å². The summed E-state index contributed by atoms with van der Waals surface area (Å²) >= 11 is 0. The summed E-state index contributed by atoms with van der Waals surface area (Å²) in [6.07, 6.45) is 2.19. The lowest BCUT2D eigenvalue weighted by Crippen LogP contribution is -2.54. The van der Waals surface area contributed by atoms with Crippen molar-refractivity contribution in [2.75, 3.05) is 6.54 Å². The maximum atomic E-state index is 13.0. The number of nitrogens with one attached hydrogen (secondary N) is 1. The molecule has 0 radical (unpaired) electrons. The van der Waals surface area contributed by atoms with E-state index in [2.05, 4.69) is 26.1 Å². The number of rotatable bonds is 3. The maximum Gasteiger partial charge on any atom is 0.331 e. The van der Waals surface area contributed by atoms with Gasteiger partial charge in [-0.3, -0.25) is 9.69 Å². The first-order valence-electron chi connectivity index (χ1n) is 9.43. The van der Waals surface area contributed by atoms with Crippen LogP contribution in [0.15, 0.2) is 18.2 Å². The molecule has 1 aliphatic heterocycles. The van der Waals surface area contributed by atoms with Gasteiger partial charge in [0, 0.05) is 0 Å². The Kier molecular flexibility index (Phi) is 4.78. The number of hydrogen-bond acceptors (Lipinski definition) is 4. The number of urea groups is 1. The first-order valence-corrected chi connectivity index (χ1v) is 9.43. The van der Waals surface area contributed by atoms with Crippen LogP contribution in [-0.4, -0.2) is 34.9 Å². The molecule has 1 spiro atoms. The number of amides is 3. The van der Waals surface area contributed by atoms with Crippen molar-refractivity contribution in [1.82, 2.24) is 10.2 Å². The molecule has 1 saturated carbocycles. The third kappa shape index (κ3) is 3.84. The van der Waals surface area contributed by atoms with Crippen LogP contribution >= 0.6 is 0 Å². The summed E-state index contributed by atoms with van der Waals surface area (Å²) < 4.78 is 5.33. The summed E-state index contributed by atoms with van der Waals surface area (Å²) in [5.74, 6) is -0.205. The zero-order valence-electron chi connectivity index (χ0n) is 16.7. The van der Waals surface area contributed by atoms with Crippen LogP contribution in [0.1, 0.15) is 51.2 Å². The smallest absolute Gasteiger partial charge is 0.331 e. The molecule has 0 unspecified atom stereocenters. The lowest BCUT2D eigenvalue weighted by atomic mass is 9.64. The molecule has 2 fully saturated rings. The van der Waals surface area contributed by atoms with Gasteiger partial charge >= 0.3 is 12.0 Å². The minimum Gasteiger partial charge on any atom is -0.425 e. The first kappa shape index (κ1) is 19.4. The minimum absolute atomic E-state index is 0.0451. The Morgan fingerprint density at radius 3 is 2.56 bits per heavy atom. The number of ether oxygens (including phenoxy) is 1. The molecule has 1 aromatic carbocycles. The summed E-state index contributed by atoms with van der Waals surface area (Å²) in [5, 5.41) is 2.87. The van der Waals surface area contributed by atoms with E-state index in [9.17, 15) is 14.4 Å². The van der Waals surface area contributed by atoms with Gasteiger partial charge in [-0.1, -0.05) is 26.8 Å². The van der Waals surface area contributed by atoms with Crippen molar-refractivity contribution >= 4 is 17.9 Å². The van der Waals surface area contributed by atoms with Crippen molar-refractivity contribution in [3.8, 4) is 5.75 Å². The maximum absolute atomic E-state index is 13.0. The number of hydrogen-bond donors (Lipinski definition) is 1. The van der Waals surface area contributed by atoms with E-state index >= 15 is 0 Å². The Morgan fingerprint density at radius 1 is 1.22 bits per heavy atom. The van der Waals surface area contributed by atoms with Crippen LogP contribution in [0.4, 0.5) is 4.79 Å². The molecule has 27 heavy (non-hydrogen) atoms. The van der Waals surface area contributed by atoms with Gasteiger partial charge in [0.2, 0.25) is 0 Å². The van der Waals surface area contributed by atoms with E-state index in [1.807, 2.05) is 19.9 Å². The van der Waals surface area contributed by atoms with Crippen molar-refractivity contribution in [1.29, 1.82) is 0 Å². The van der Waals surface area contributed by atoms with E-state index in [-0.39, 0.29) is 17.9 Å². The van der Waals surface area contributed by atoms with Crippen molar-refractivity contribution in [3.05, 3.63) is 29.3 Å². The minimum atomic E-state index is -0.904. The third-order valence-electron chi connectivity index (χ3n) is 5.62. The second-order valence-corrected chi connectivity index (χ2v) is 8.98. The van der Waals surface area contributed by atoms with Gasteiger partial charge < -0.3 is 10.1 Å². The van der Waals surface area contributed by atoms with E-state index in [1.165, 1.54) is 0 Å². The topological polar surface area (TPSA) is 75.7 Å². The number of esters is 1. The Hall–Kier alpha value is -2.37. The molecule has 6 heteroatoms. The number of nitrogens with zero attached hydrogens (tertiary/aromatic N) is 1. The van der Waals surface area contributed by atoms with E-state index in [0.717, 1.165) is 22.4 Å². The number of aryl methyl sites for hydroxylation is 2. The second kappa shape index (κ2) is 6.66. The molecule has 1 aliphatic carbocycles.